The topological polar surface area (TPSA) is 100.0 Å². The standard InChI is InChI=1S/C21H24N4O3/c1-3-28-18-12-8-7-11-17(18)23-24-19-14(2)16(13-22)20(26)25(21(19)27)15-9-5-4-6-10-15/h7-8,11-12,15,26H,3-6,9-10H2,1-2H3. The number of para-hydroxylation sites is 1. The minimum atomic E-state index is -0.418. The van der Waals surface area contributed by atoms with Gasteiger partial charge in [0.1, 0.15) is 23.1 Å². The van der Waals surface area contributed by atoms with Crippen LogP contribution in [0.1, 0.15) is 56.2 Å². The molecule has 7 nitrogen and oxygen atoms in total. The molecule has 146 valence electrons. The van der Waals surface area contributed by atoms with Crippen molar-refractivity contribution in [3.05, 3.63) is 45.7 Å². The van der Waals surface area contributed by atoms with Crippen LogP contribution in [0.3, 0.4) is 0 Å². The molecule has 7 heteroatoms. The molecule has 0 saturated heterocycles. The fraction of sp³-hybridized carbons (Fsp3) is 0.429. The van der Waals surface area contributed by atoms with E-state index in [1.807, 2.05) is 25.1 Å². The van der Waals surface area contributed by atoms with E-state index < -0.39 is 5.56 Å². The molecule has 1 aromatic heterocycles. The third-order valence-corrected chi connectivity index (χ3v) is 5.08. The Morgan fingerprint density at radius 1 is 1.25 bits per heavy atom. The van der Waals surface area contributed by atoms with E-state index in [0.29, 0.717) is 23.6 Å². The molecular weight excluding hydrogens is 356 g/mol. The summed E-state index contributed by atoms with van der Waals surface area (Å²) in [4.78, 5) is 13.1. The number of aromatic nitrogens is 1. The van der Waals surface area contributed by atoms with Gasteiger partial charge in [-0.25, -0.2) is 0 Å². The summed E-state index contributed by atoms with van der Waals surface area (Å²) in [7, 11) is 0. The molecular formula is C21H24N4O3. The highest BCUT2D eigenvalue weighted by Crippen LogP contribution is 2.35. The van der Waals surface area contributed by atoms with E-state index in [9.17, 15) is 15.2 Å². The van der Waals surface area contributed by atoms with Crippen LogP contribution in [0.15, 0.2) is 39.3 Å². The molecule has 1 N–H and O–H groups in total. The summed E-state index contributed by atoms with van der Waals surface area (Å²) < 4.78 is 6.87. The summed E-state index contributed by atoms with van der Waals surface area (Å²) >= 11 is 0. The van der Waals surface area contributed by atoms with Gasteiger partial charge in [-0.1, -0.05) is 31.4 Å². The molecule has 0 atom stereocenters. The predicted molar refractivity (Wildman–Crippen MR) is 106 cm³/mol. The second-order valence-corrected chi connectivity index (χ2v) is 6.85. The smallest absolute Gasteiger partial charge is 0.281 e. The van der Waals surface area contributed by atoms with Crippen LogP contribution in [0.5, 0.6) is 11.6 Å². The Hall–Kier alpha value is -3.14. The zero-order valence-corrected chi connectivity index (χ0v) is 16.2. The van der Waals surface area contributed by atoms with Gasteiger partial charge >= 0.3 is 0 Å². The first kappa shape index (κ1) is 19.6. The fourth-order valence-corrected chi connectivity index (χ4v) is 3.63. The van der Waals surface area contributed by atoms with E-state index in [0.717, 1.165) is 32.1 Å². The van der Waals surface area contributed by atoms with Crippen LogP contribution in [-0.2, 0) is 0 Å². The first-order valence-electron chi connectivity index (χ1n) is 9.60. The van der Waals surface area contributed by atoms with E-state index >= 15 is 0 Å². The summed E-state index contributed by atoms with van der Waals surface area (Å²) in [6.07, 6.45) is 4.69. The van der Waals surface area contributed by atoms with Crippen molar-refractivity contribution in [3.8, 4) is 17.7 Å². The van der Waals surface area contributed by atoms with Gasteiger partial charge in [-0.3, -0.25) is 9.36 Å². The molecule has 1 aliphatic rings. The van der Waals surface area contributed by atoms with Crippen LogP contribution in [0.25, 0.3) is 0 Å². The lowest BCUT2D eigenvalue weighted by atomic mass is 9.94. The van der Waals surface area contributed by atoms with Crippen LogP contribution in [0.4, 0.5) is 11.4 Å². The summed E-state index contributed by atoms with van der Waals surface area (Å²) in [5.41, 5.74) is 0.552. The largest absolute Gasteiger partial charge is 0.493 e. The van der Waals surface area contributed by atoms with Gasteiger partial charge in [-0.2, -0.15) is 5.26 Å². The normalized spacial score (nSPS) is 14.9. The number of hydrogen-bond acceptors (Lipinski definition) is 6. The van der Waals surface area contributed by atoms with Crippen molar-refractivity contribution in [2.24, 2.45) is 10.2 Å². The predicted octanol–water partition coefficient (Wildman–Crippen LogP) is 5.05. The molecule has 2 aromatic rings. The number of hydrogen-bond donors (Lipinski definition) is 1. The lowest BCUT2D eigenvalue weighted by molar-refractivity contribution is 0.303. The number of pyridine rings is 1. The summed E-state index contributed by atoms with van der Waals surface area (Å²) in [6, 6.07) is 9.04. The molecule has 1 fully saturated rings. The second kappa shape index (κ2) is 8.70. The minimum Gasteiger partial charge on any atom is -0.493 e. The van der Waals surface area contributed by atoms with Gasteiger partial charge in [0.05, 0.1) is 6.61 Å². The highest BCUT2D eigenvalue weighted by molar-refractivity contribution is 5.57. The number of rotatable bonds is 5. The average Bonchev–Trinajstić information content (AvgIpc) is 2.70. The Balaban J connectivity index is 2.11. The first-order valence-corrected chi connectivity index (χ1v) is 9.60. The van der Waals surface area contributed by atoms with Gasteiger partial charge in [0, 0.05) is 11.6 Å². The van der Waals surface area contributed by atoms with Crippen molar-refractivity contribution < 1.29 is 9.84 Å². The molecule has 0 aliphatic heterocycles. The Bertz CT molecular complexity index is 982. The number of aromatic hydroxyl groups is 1. The molecule has 0 bridgehead atoms. The van der Waals surface area contributed by atoms with E-state index in [-0.39, 0.29) is 23.2 Å². The van der Waals surface area contributed by atoms with E-state index in [1.165, 1.54) is 4.57 Å². The number of benzene rings is 1. The molecule has 0 radical (unpaired) electrons. The van der Waals surface area contributed by atoms with Crippen LogP contribution >= 0.6 is 0 Å². The monoisotopic (exact) mass is 380 g/mol. The third-order valence-electron chi connectivity index (χ3n) is 5.08. The average molecular weight is 380 g/mol. The number of nitriles is 1. The van der Waals surface area contributed by atoms with Crippen molar-refractivity contribution in [3.63, 3.8) is 0 Å². The maximum atomic E-state index is 13.1. The minimum absolute atomic E-state index is 0.0669. The Morgan fingerprint density at radius 3 is 2.64 bits per heavy atom. The molecule has 1 heterocycles. The third kappa shape index (κ3) is 3.77. The Kier molecular flexibility index (Phi) is 6.09. The zero-order valence-electron chi connectivity index (χ0n) is 16.2. The van der Waals surface area contributed by atoms with Gasteiger partial charge in [0.25, 0.3) is 5.56 Å². The van der Waals surface area contributed by atoms with Crippen LogP contribution in [0, 0.1) is 18.3 Å². The lowest BCUT2D eigenvalue weighted by Crippen LogP contribution is -2.27. The molecule has 0 unspecified atom stereocenters. The Morgan fingerprint density at radius 2 is 1.96 bits per heavy atom. The SMILES string of the molecule is CCOc1ccccc1N=Nc1c(C)c(C#N)c(O)n(C2CCCCC2)c1=O. The van der Waals surface area contributed by atoms with Crippen molar-refractivity contribution in [2.75, 3.05) is 6.61 Å². The van der Waals surface area contributed by atoms with Crippen molar-refractivity contribution >= 4 is 11.4 Å². The van der Waals surface area contributed by atoms with E-state index in [2.05, 4.69) is 10.2 Å². The van der Waals surface area contributed by atoms with E-state index in [4.69, 9.17) is 4.74 Å². The molecule has 1 saturated carbocycles. The molecule has 0 amide bonds. The van der Waals surface area contributed by atoms with Gasteiger partial charge in [-0.05, 0) is 38.8 Å². The van der Waals surface area contributed by atoms with Gasteiger partial charge in [0.15, 0.2) is 5.69 Å². The summed E-state index contributed by atoms with van der Waals surface area (Å²) in [5.74, 6) is 0.295. The van der Waals surface area contributed by atoms with Crippen molar-refractivity contribution in [2.45, 2.75) is 52.0 Å². The Labute approximate surface area is 163 Å². The van der Waals surface area contributed by atoms with Crippen molar-refractivity contribution in [1.29, 1.82) is 5.26 Å². The second-order valence-electron chi connectivity index (χ2n) is 6.85. The first-order chi connectivity index (χ1) is 13.6. The van der Waals surface area contributed by atoms with Crippen LogP contribution in [0.2, 0.25) is 0 Å². The van der Waals surface area contributed by atoms with Gasteiger partial charge in [0.2, 0.25) is 5.88 Å². The highest BCUT2D eigenvalue weighted by Gasteiger charge is 2.25. The fourth-order valence-electron chi connectivity index (χ4n) is 3.63. The van der Waals surface area contributed by atoms with Gasteiger partial charge in [-0.15, -0.1) is 10.2 Å². The lowest BCUT2D eigenvalue weighted by Gasteiger charge is -2.25. The highest BCUT2D eigenvalue weighted by atomic mass is 16.5. The summed E-state index contributed by atoms with van der Waals surface area (Å²) in [5, 5.41) is 28.5. The van der Waals surface area contributed by atoms with E-state index in [1.54, 1.807) is 19.1 Å². The number of nitrogens with zero attached hydrogens (tertiary/aromatic N) is 4. The number of azo groups is 1. The zero-order chi connectivity index (χ0) is 20.1. The van der Waals surface area contributed by atoms with Crippen LogP contribution < -0.4 is 10.3 Å². The molecule has 3 rings (SSSR count). The quantitative estimate of drug-likeness (QED) is 0.733. The van der Waals surface area contributed by atoms with Crippen molar-refractivity contribution in [1.82, 2.24) is 4.57 Å². The molecule has 28 heavy (non-hydrogen) atoms. The van der Waals surface area contributed by atoms with Gasteiger partial charge < -0.3 is 9.84 Å². The number of ether oxygens (including phenoxy) is 1. The van der Waals surface area contributed by atoms with Crippen LogP contribution in [-0.4, -0.2) is 16.3 Å². The molecule has 1 aliphatic carbocycles. The molecule has 1 aromatic carbocycles. The maximum Gasteiger partial charge on any atom is 0.281 e. The summed E-state index contributed by atoms with van der Waals surface area (Å²) in [6.45, 7) is 3.96. The molecule has 0 spiro atoms. The maximum absolute atomic E-state index is 13.1.